The fraction of sp³-hybridized carbons (Fsp3) is 0.400. The van der Waals surface area contributed by atoms with E-state index in [1.54, 1.807) is 6.20 Å². The quantitative estimate of drug-likeness (QED) is 0.779. The molecule has 1 heterocycles. The second-order valence-electron chi connectivity index (χ2n) is 5.16. The normalized spacial score (nSPS) is 11.5. The van der Waals surface area contributed by atoms with Crippen LogP contribution in [-0.2, 0) is 0 Å². The largest absolute Gasteiger partial charge is 0.290 e. The standard InChI is InChI=1S/C15H19ClN2/c1-10(2)12-6-5-7-13(11(3)4)14(12)18-9-8-17-15(18)16/h5-11H,1-4H3. The highest BCUT2D eigenvalue weighted by molar-refractivity contribution is 6.28. The van der Waals surface area contributed by atoms with E-state index in [4.69, 9.17) is 11.6 Å². The van der Waals surface area contributed by atoms with Crippen molar-refractivity contribution >= 4 is 11.6 Å². The van der Waals surface area contributed by atoms with E-state index in [1.807, 2.05) is 10.8 Å². The van der Waals surface area contributed by atoms with Crippen LogP contribution in [-0.4, -0.2) is 9.55 Å². The zero-order chi connectivity index (χ0) is 13.3. The molecule has 0 fully saturated rings. The third-order valence-corrected chi connectivity index (χ3v) is 3.46. The maximum Gasteiger partial charge on any atom is 0.207 e. The predicted molar refractivity (Wildman–Crippen MR) is 76.8 cm³/mol. The maximum absolute atomic E-state index is 6.18. The van der Waals surface area contributed by atoms with Crippen molar-refractivity contribution in [1.29, 1.82) is 0 Å². The van der Waals surface area contributed by atoms with Gasteiger partial charge in [-0.2, -0.15) is 0 Å². The van der Waals surface area contributed by atoms with Crippen molar-refractivity contribution in [3.63, 3.8) is 0 Å². The van der Waals surface area contributed by atoms with Crippen molar-refractivity contribution < 1.29 is 0 Å². The minimum atomic E-state index is 0.456. The molecule has 2 aromatic rings. The van der Waals surface area contributed by atoms with Crippen molar-refractivity contribution in [2.24, 2.45) is 0 Å². The van der Waals surface area contributed by atoms with Crippen LogP contribution in [0.3, 0.4) is 0 Å². The zero-order valence-corrected chi connectivity index (χ0v) is 12.1. The Hall–Kier alpha value is -1.28. The average molecular weight is 263 g/mol. The van der Waals surface area contributed by atoms with E-state index < -0.39 is 0 Å². The summed E-state index contributed by atoms with van der Waals surface area (Å²) < 4.78 is 1.98. The third-order valence-electron chi connectivity index (χ3n) is 3.18. The number of imidazole rings is 1. The second kappa shape index (κ2) is 5.15. The smallest absolute Gasteiger partial charge is 0.207 e. The summed E-state index contributed by atoms with van der Waals surface area (Å²) in [5, 5.41) is 0.519. The molecule has 0 aliphatic carbocycles. The van der Waals surface area contributed by atoms with Gasteiger partial charge in [0.1, 0.15) is 0 Å². The number of halogens is 1. The van der Waals surface area contributed by atoms with Crippen LogP contribution in [0, 0.1) is 0 Å². The summed E-state index contributed by atoms with van der Waals surface area (Å²) in [5.74, 6) is 0.911. The van der Waals surface area contributed by atoms with Gasteiger partial charge in [0.25, 0.3) is 0 Å². The first kappa shape index (κ1) is 13.2. The third kappa shape index (κ3) is 2.30. The molecular formula is C15H19ClN2. The van der Waals surface area contributed by atoms with Gasteiger partial charge in [-0.25, -0.2) is 4.98 Å². The Morgan fingerprint density at radius 2 is 1.61 bits per heavy atom. The molecule has 0 saturated carbocycles. The van der Waals surface area contributed by atoms with Crippen molar-refractivity contribution in [3.8, 4) is 5.69 Å². The first-order chi connectivity index (χ1) is 8.52. The number of aromatic nitrogens is 2. The molecule has 0 aliphatic rings. The lowest BCUT2D eigenvalue weighted by atomic mass is 9.92. The van der Waals surface area contributed by atoms with Crippen LogP contribution in [0.5, 0.6) is 0 Å². The highest BCUT2D eigenvalue weighted by atomic mass is 35.5. The molecule has 1 aromatic carbocycles. The van der Waals surface area contributed by atoms with Crippen LogP contribution in [0.4, 0.5) is 0 Å². The molecule has 18 heavy (non-hydrogen) atoms. The highest BCUT2D eigenvalue weighted by Crippen LogP contribution is 2.32. The van der Waals surface area contributed by atoms with Gasteiger partial charge in [0.15, 0.2) is 0 Å². The van der Waals surface area contributed by atoms with E-state index in [1.165, 1.54) is 16.8 Å². The van der Waals surface area contributed by atoms with Gasteiger partial charge >= 0.3 is 0 Å². The van der Waals surface area contributed by atoms with Crippen LogP contribution in [0.25, 0.3) is 5.69 Å². The fourth-order valence-corrected chi connectivity index (χ4v) is 2.44. The minimum Gasteiger partial charge on any atom is -0.290 e. The van der Waals surface area contributed by atoms with Gasteiger partial charge < -0.3 is 0 Å². The summed E-state index contributed by atoms with van der Waals surface area (Å²) in [5.41, 5.74) is 3.80. The zero-order valence-electron chi connectivity index (χ0n) is 11.3. The Balaban J connectivity index is 2.72. The Bertz CT molecular complexity index is 515. The van der Waals surface area contributed by atoms with Crippen molar-refractivity contribution in [1.82, 2.24) is 9.55 Å². The van der Waals surface area contributed by atoms with Crippen LogP contribution >= 0.6 is 11.6 Å². The fourth-order valence-electron chi connectivity index (χ4n) is 2.24. The lowest BCUT2D eigenvalue weighted by Crippen LogP contribution is -2.06. The summed E-state index contributed by atoms with van der Waals surface area (Å²) in [6.45, 7) is 8.81. The van der Waals surface area contributed by atoms with Crippen LogP contribution in [0.2, 0.25) is 5.28 Å². The first-order valence-electron chi connectivity index (χ1n) is 6.34. The molecule has 0 atom stereocenters. The van der Waals surface area contributed by atoms with Gasteiger partial charge in [-0.05, 0) is 34.6 Å². The Morgan fingerprint density at radius 3 is 2.00 bits per heavy atom. The molecule has 2 nitrogen and oxygen atoms in total. The average Bonchev–Trinajstić information content (AvgIpc) is 2.74. The van der Waals surface area contributed by atoms with Crippen LogP contribution < -0.4 is 0 Å². The van der Waals surface area contributed by atoms with E-state index in [9.17, 15) is 0 Å². The molecule has 3 heteroatoms. The van der Waals surface area contributed by atoms with Gasteiger partial charge in [0.2, 0.25) is 5.28 Å². The van der Waals surface area contributed by atoms with Gasteiger partial charge in [0.05, 0.1) is 5.69 Å². The van der Waals surface area contributed by atoms with Gasteiger partial charge in [-0.1, -0.05) is 45.9 Å². The molecule has 0 saturated heterocycles. The molecule has 0 aliphatic heterocycles. The molecule has 0 radical (unpaired) electrons. The van der Waals surface area contributed by atoms with Gasteiger partial charge in [-0.15, -0.1) is 0 Å². The number of nitrogens with zero attached hydrogens (tertiary/aromatic N) is 2. The van der Waals surface area contributed by atoms with E-state index in [-0.39, 0.29) is 0 Å². The summed E-state index contributed by atoms with van der Waals surface area (Å²) >= 11 is 6.18. The monoisotopic (exact) mass is 262 g/mol. The van der Waals surface area contributed by atoms with Crippen molar-refractivity contribution in [3.05, 3.63) is 47.0 Å². The molecule has 96 valence electrons. The van der Waals surface area contributed by atoms with Crippen molar-refractivity contribution in [2.45, 2.75) is 39.5 Å². The molecule has 0 unspecified atom stereocenters. The van der Waals surface area contributed by atoms with Gasteiger partial charge in [-0.3, -0.25) is 4.57 Å². The molecule has 0 N–H and O–H groups in total. The number of benzene rings is 1. The molecule has 1 aromatic heterocycles. The summed E-state index contributed by atoms with van der Waals surface area (Å²) in [7, 11) is 0. The summed E-state index contributed by atoms with van der Waals surface area (Å²) in [6.07, 6.45) is 3.67. The summed E-state index contributed by atoms with van der Waals surface area (Å²) in [6, 6.07) is 6.46. The van der Waals surface area contributed by atoms with E-state index in [0.29, 0.717) is 17.1 Å². The second-order valence-corrected chi connectivity index (χ2v) is 5.50. The Labute approximate surface area is 114 Å². The Kier molecular flexibility index (Phi) is 3.76. The topological polar surface area (TPSA) is 17.8 Å². The lowest BCUT2D eigenvalue weighted by Gasteiger charge is -2.20. The van der Waals surface area contributed by atoms with E-state index in [2.05, 4.69) is 50.9 Å². The van der Waals surface area contributed by atoms with Gasteiger partial charge in [0, 0.05) is 12.4 Å². The molecule has 0 amide bonds. The number of para-hydroxylation sites is 1. The molecule has 0 spiro atoms. The lowest BCUT2D eigenvalue weighted by molar-refractivity contribution is 0.805. The first-order valence-corrected chi connectivity index (χ1v) is 6.72. The predicted octanol–water partition coefficient (Wildman–Crippen LogP) is 4.77. The SMILES string of the molecule is CC(C)c1cccc(C(C)C)c1-n1ccnc1Cl. The van der Waals surface area contributed by atoms with E-state index in [0.717, 1.165) is 0 Å². The van der Waals surface area contributed by atoms with Crippen molar-refractivity contribution in [2.75, 3.05) is 0 Å². The number of rotatable bonds is 3. The highest BCUT2D eigenvalue weighted by Gasteiger charge is 2.16. The van der Waals surface area contributed by atoms with E-state index >= 15 is 0 Å². The molecule has 2 rings (SSSR count). The number of hydrogen-bond donors (Lipinski definition) is 0. The minimum absolute atomic E-state index is 0.456. The molecule has 0 bridgehead atoms. The molecular weight excluding hydrogens is 244 g/mol. The number of hydrogen-bond acceptors (Lipinski definition) is 1. The van der Waals surface area contributed by atoms with Crippen LogP contribution in [0.15, 0.2) is 30.6 Å². The van der Waals surface area contributed by atoms with Crippen LogP contribution in [0.1, 0.15) is 50.7 Å². The Morgan fingerprint density at radius 1 is 1.06 bits per heavy atom. The maximum atomic E-state index is 6.18. The summed E-state index contributed by atoms with van der Waals surface area (Å²) in [4.78, 5) is 4.12.